The molecule has 4 nitrogen and oxygen atoms in total. The second-order valence-corrected chi connectivity index (χ2v) is 4.23. The van der Waals surface area contributed by atoms with Gasteiger partial charge in [0, 0.05) is 0 Å². The lowest BCUT2D eigenvalue weighted by Gasteiger charge is -2.16. The molecule has 0 aliphatic heterocycles. The van der Waals surface area contributed by atoms with Crippen molar-refractivity contribution in [2.24, 2.45) is 5.92 Å². The van der Waals surface area contributed by atoms with Crippen LogP contribution >= 0.6 is 0 Å². The van der Waals surface area contributed by atoms with Crippen LogP contribution in [0.1, 0.15) is 34.6 Å². The molecule has 0 saturated heterocycles. The number of carbonyl (C=O) groups is 1. The Balaban J connectivity index is 3.53. The summed E-state index contributed by atoms with van der Waals surface area (Å²) in [5.41, 5.74) is -0.503. The van der Waals surface area contributed by atoms with E-state index >= 15 is 0 Å². The Morgan fingerprint density at radius 1 is 1.31 bits per heavy atom. The smallest absolute Gasteiger partial charge is 0.432 e. The predicted octanol–water partition coefficient (Wildman–Crippen LogP) is 2.53. The normalized spacial score (nSPS) is 11.5. The van der Waals surface area contributed by atoms with E-state index in [0.717, 1.165) is 0 Å². The van der Waals surface area contributed by atoms with Gasteiger partial charge in [0.15, 0.2) is 0 Å². The highest BCUT2D eigenvalue weighted by Crippen LogP contribution is 2.07. The van der Waals surface area contributed by atoms with Crippen LogP contribution in [0.5, 0.6) is 0 Å². The van der Waals surface area contributed by atoms with Crippen molar-refractivity contribution in [3.8, 4) is 0 Å². The third kappa shape index (κ3) is 9.14. The maximum atomic E-state index is 10.8. The van der Waals surface area contributed by atoms with Gasteiger partial charge in [0.1, 0.15) is 5.60 Å². The van der Waals surface area contributed by atoms with Gasteiger partial charge in [0.05, 0.1) is 6.61 Å². The molecule has 0 heterocycles. The molecule has 0 aliphatic carbocycles. The zero-order valence-corrected chi connectivity index (χ0v) is 8.92. The number of ether oxygens (including phenoxy) is 1. The Morgan fingerprint density at radius 3 is 2.23 bits per heavy atom. The van der Waals surface area contributed by atoms with Gasteiger partial charge < -0.3 is 4.74 Å². The molecule has 0 saturated carbocycles. The van der Waals surface area contributed by atoms with E-state index in [0.29, 0.717) is 12.5 Å². The van der Waals surface area contributed by atoms with Gasteiger partial charge >= 0.3 is 6.16 Å². The van der Waals surface area contributed by atoms with Crippen LogP contribution in [0.2, 0.25) is 0 Å². The molecule has 0 aromatic heterocycles. The molecular formula is C9H18O4. The predicted molar refractivity (Wildman–Crippen MR) is 48.1 cm³/mol. The maximum Gasteiger partial charge on any atom is 0.540 e. The van der Waals surface area contributed by atoms with E-state index in [9.17, 15) is 4.79 Å². The third-order valence-corrected chi connectivity index (χ3v) is 0.894. The monoisotopic (exact) mass is 190 g/mol. The van der Waals surface area contributed by atoms with Gasteiger partial charge in [-0.1, -0.05) is 13.8 Å². The number of hydrogen-bond acceptors (Lipinski definition) is 4. The van der Waals surface area contributed by atoms with Crippen molar-refractivity contribution in [2.75, 3.05) is 6.61 Å². The largest absolute Gasteiger partial charge is 0.540 e. The summed E-state index contributed by atoms with van der Waals surface area (Å²) in [4.78, 5) is 20.0. The van der Waals surface area contributed by atoms with E-state index in [1.165, 1.54) is 0 Å². The van der Waals surface area contributed by atoms with Gasteiger partial charge in [-0.25, -0.2) is 4.79 Å². The van der Waals surface area contributed by atoms with E-state index < -0.39 is 11.8 Å². The Bertz CT molecular complexity index is 157. The fourth-order valence-corrected chi connectivity index (χ4v) is 0.418. The summed E-state index contributed by atoms with van der Waals surface area (Å²) in [6, 6.07) is 0. The van der Waals surface area contributed by atoms with Gasteiger partial charge in [-0.05, 0) is 26.7 Å². The highest BCUT2D eigenvalue weighted by molar-refractivity contribution is 5.58. The Kier molecular flexibility index (Phi) is 4.77. The van der Waals surface area contributed by atoms with Crippen LogP contribution in [0.3, 0.4) is 0 Å². The Hall–Kier alpha value is -0.770. The molecule has 0 aliphatic rings. The van der Waals surface area contributed by atoms with Crippen LogP contribution in [0.15, 0.2) is 0 Å². The molecule has 0 fully saturated rings. The first kappa shape index (κ1) is 12.2. The molecule has 4 heteroatoms. The van der Waals surface area contributed by atoms with Crippen LogP contribution in [-0.2, 0) is 14.5 Å². The first-order chi connectivity index (χ1) is 5.81. The molecule has 0 rings (SSSR count). The standard InChI is InChI=1S/C9H18O4/c1-7(2)6-11-8(10)12-13-9(3,4)5/h7H,6H2,1-5H3. The summed E-state index contributed by atoms with van der Waals surface area (Å²) >= 11 is 0. The zero-order chi connectivity index (χ0) is 10.5. The molecule has 0 aromatic rings. The average Bonchev–Trinajstić information content (AvgIpc) is 1.95. The second kappa shape index (κ2) is 5.07. The second-order valence-electron chi connectivity index (χ2n) is 4.23. The SMILES string of the molecule is CC(C)COC(=O)OOC(C)(C)C. The molecular weight excluding hydrogens is 172 g/mol. The summed E-state index contributed by atoms with van der Waals surface area (Å²) < 4.78 is 4.71. The maximum absolute atomic E-state index is 10.8. The quantitative estimate of drug-likeness (QED) is 0.389. The molecule has 0 unspecified atom stereocenters. The molecule has 13 heavy (non-hydrogen) atoms. The molecule has 78 valence electrons. The summed E-state index contributed by atoms with van der Waals surface area (Å²) in [5, 5.41) is 0. The van der Waals surface area contributed by atoms with Gasteiger partial charge in [0.25, 0.3) is 0 Å². The van der Waals surface area contributed by atoms with E-state index in [1.54, 1.807) is 20.8 Å². The highest BCUT2D eigenvalue weighted by atomic mass is 17.2. The van der Waals surface area contributed by atoms with E-state index in [-0.39, 0.29) is 0 Å². The Morgan fingerprint density at radius 2 is 1.85 bits per heavy atom. The average molecular weight is 190 g/mol. The molecule has 0 atom stereocenters. The van der Waals surface area contributed by atoms with Gasteiger partial charge in [0.2, 0.25) is 0 Å². The summed E-state index contributed by atoms with van der Waals surface area (Å²) in [7, 11) is 0. The van der Waals surface area contributed by atoms with Crippen molar-refractivity contribution in [1.82, 2.24) is 0 Å². The summed E-state index contributed by atoms with van der Waals surface area (Å²) in [5.74, 6) is 0.294. The van der Waals surface area contributed by atoms with Crippen molar-refractivity contribution < 1.29 is 19.3 Å². The zero-order valence-electron chi connectivity index (χ0n) is 8.92. The molecule has 0 aromatic carbocycles. The minimum Gasteiger partial charge on any atom is -0.432 e. The van der Waals surface area contributed by atoms with Crippen molar-refractivity contribution >= 4 is 6.16 Å². The Labute approximate surface area is 79.1 Å². The van der Waals surface area contributed by atoms with Crippen LogP contribution in [0.4, 0.5) is 4.79 Å². The molecule has 0 spiro atoms. The van der Waals surface area contributed by atoms with Gasteiger partial charge in [-0.3, -0.25) is 4.89 Å². The van der Waals surface area contributed by atoms with E-state index in [4.69, 9.17) is 9.62 Å². The van der Waals surface area contributed by atoms with Crippen LogP contribution in [0, 0.1) is 5.92 Å². The summed E-state index contributed by atoms with van der Waals surface area (Å²) in [6.45, 7) is 9.57. The third-order valence-electron chi connectivity index (χ3n) is 0.894. The molecule has 0 N–H and O–H groups in total. The lowest BCUT2D eigenvalue weighted by atomic mass is 10.2. The minimum atomic E-state index is -0.788. The molecule has 0 radical (unpaired) electrons. The van der Waals surface area contributed by atoms with Crippen molar-refractivity contribution in [2.45, 2.75) is 40.2 Å². The topological polar surface area (TPSA) is 44.8 Å². The fourth-order valence-electron chi connectivity index (χ4n) is 0.418. The van der Waals surface area contributed by atoms with Gasteiger partial charge in [-0.2, -0.15) is 4.89 Å². The number of hydrogen-bond donors (Lipinski definition) is 0. The van der Waals surface area contributed by atoms with Crippen LogP contribution in [-0.4, -0.2) is 18.4 Å². The first-order valence-electron chi connectivity index (χ1n) is 4.33. The van der Waals surface area contributed by atoms with E-state index in [2.05, 4.69) is 4.89 Å². The lowest BCUT2D eigenvalue weighted by Crippen LogP contribution is -2.22. The molecule has 0 bridgehead atoms. The van der Waals surface area contributed by atoms with Gasteiger partial charge in [-0.15, -0.1) is 0 Å². The van der Waals surface area contributed by atoms with Crippen LogP contribution in [0.25, 0.3) is 0 Å². The minimum absolute atomic E-state index is 0.294. The number of rotatable bonds is 3. The van der Waals surface area contributed by atoms with Crippen molar-refractivity contribution in [3.63, 3.8) is 0 Å². The van der Waals surface area contributed by atoms with Crippen LogP contribution < -0.4 is 0 Å². The lowest BCUT2D eigenvalue weighted by molar-refractivity contribution is -0.312. The number of carbonyl (C=O) groups excluding carboxylic acids is 1. The molecule has 0 amide bonds. The highest BCUT2D eigenvalue weighted by Gasteiger charge is 2.16. The van der Waals surface area contributed by atoms with Crippen molar-refractivity contribution in [3.05, 3.63) is 0 Å². The van der Waals surface area contributed by atoms with Crippen molar-refractivity contribution in [1.29, 1.82) is 0 Å². The first-order valence-corrected chi connectivity index (χ1v) is 4.33. The summed E-state index contributed by atoms with van der Waals surface area (Å²) in [6.07, 6.45) is -0.788. The fraction of sp³-hybridized carbons (Fsp3) is 0.889. The van der Waals surface area contributed by atoms with E-state index in [1.807, 2.05) is 13.8 Å².